The van der Waals surface area contributed by atoms with Gasteiger partial charge in [0.2, 0.25) is 6.77 Å². The molecule has 1 aromatic rings. The topological polar surface area (TPSA) is 47.6 Å². The first-order valence-corrected chi connectivity index (χ1v) is 4.57. The molecule has 0 bridgehead atoms. The van der Waals surface area contributed by atoms with Gasteiger partial charge in [0.05, 0.1) is 7.39 Å². The number of Topliss-reactive ketones (excluding diaryl/α,β-unsaturated/α-hetero) is 1. The highest BCUT2D eigenvalue weighted by molar-refractivity contribution is 6.00. The summed E-state index contributed by atoms with van der Waals surface area (Å²) >= 11 is 0. The zero-order valence-electron chi connectivity index (χ0n) is 10.5. The molecule has 1 heterocycles. The van der Waals surface area contributed by atoms with Gasteiger partial charge in [-0.1, -0.05) is 0 Å². The number of carbonyl (C=O) groups excluding carboxylic acids is 1. The van der Waals surface area contributed by atoms with Crippen molar-refractivity contribution in [3.05, 3.63) is 23.8 Å². The summed E-state index contributed by atoms with van der Waals surface area (Å²) < 4.78 is 25.1. The van der Waals surface area contributed by atoms with E-state index < -0.39 is 12.8 Å². The molecular weight excluding hydrogens is 194 g/mol. The number of ketones is 1. The van der Waals surface area contributed by atoms with Gasteiger partial charge in [-0.2, -0.15) is 0 Å². The van der Waals surface area contributed by atoms with Crippen LogP contribution in [0.2, 0.25) is 0 Å². The average molecular weight is 209 g/mol. The summed E-state index contributed by atoms with van der Waals surface area (Å²) in [6.45, 7) is 0.398. The molecule has 2 rings (SSSR count). The maximum atomic E-state index is 12.0. The van der Waals surface area contributed by atoms with Crippen molar-refractivity contribution < 1.29 is 17.0 Å². The van der Waals surface area contributed by atoms with Crippen molar-refractivity contribution >= 4 is 5.78 Å². The maximum absolute atomic E-state index is 12.0. The number of carbonyl (C=O) groups is 1. The predicted octanol–water partition coefficient (Wildman–Crippen LogP) is 1.21. The first kappa shape index (κ1) is 7.70. The molecule has 0 aromatic heterocycles. The van der Waals surface area contributed by atoms with Gasteiger partial charge in [0.15, 0.2) is 17.3 Å². The smallest absolute Gasteiger partial charge is 0.231 e. The van der Waals surface area contributed by atoms with E-state index in [-0.39, 0.29) is 5.78 Å². The molecule has 1 aromatic carbocycles. The third-order valence-corrected chi connectivity index (χ3v) is 2.27. The van der Waals surface area contributed by atoms with Crippen molar-refractivity contribution in [1.29, 1.82) is 0 Å². The molecular formula is C11H13NO3. The first-order valence-electron chi connectivity index (χ1n) is 5.65. The molecule has 15 heavy (non-hydrogen) atoms. The van der Waals surface area contributed by atoms with E-state index in [2.05, 4.69) is 5.32 Å². The fraction of sp³-hybridized carbons (Fsp3) is 0.364. The van der Waals surface area contributed by atoms with Gasteiger partial charge in [0, 0.05) is 5.56 Å². The minimum atomic E-state index is -1.38. The first-order chi connectivity index (χ1) is 7.94. The van der Waals surface area contributed by atoms with Crippen LogP contribution in [0.15, 0.2) is 18.2 Å². The molecule has 2 unspecified atom stereocenters. The Hall–Kier alpha value is -1.55. The Morgan fingerprint density at radius 2 is 2.33 bits per heavy atom. The number of rotatable bonds is 3. The third kappa shape index (κ3) is 1.80. The highest BCUT2D eigenvalue weighted by atomic mass is 16.7. The van der Waals surface area contributed by atoms with E-state index in [0.717, 1.165) is 0 Å². The van der Waals surface area contributed by atoms with E-state index in [9.17, 15) is 4.79 Å². The van der Waals surface area contributed by atoms with E-state index in [1.54, 1.807) is 19.2 Å². The van der Waals surface area contributed by atoms with Gasteiger partial charge in [-0.25, -0.2) is 0 Å². The molecule has 0 spiro atoms. The minimum Gasteiger partial charge on any atom is -0.454 e. The van der Waals surface area contributed by atoms with Crippen LogP contribution in [0.1, 0.15) is 20.0 Å². The van der Waals surface area contributed by atoms with Crippen molar-refractivity contribution in [3.8, 4) is 11.5 Å². The summed E-state index contributed by atoms with van der Waals surface area (Å²) in [5.41, 5.74) is 0.355. The number of fused-ring (bicyclic) bond motifs is 1. The number of benzene rings is 1. The monoisotopic (exact) mass is 209 g/mol. The van der Waals surface area contributed by atoms with Crippen LogP contribution in [-0.2, 0) is 0 Å². The molecule has 1 aliphatic rings. The van der Waals surface area contributed by atoms with E-state index in [0.29, 0.717) is 17.1 Å². The van der Waals surface area contributed by atoms with Crippen LogP contribution in [0.25, 0.3) is 0 Å². The third-order valence-electron chi connectivity index (χ3n) is 2.27. The standard InChI is InChI=1S/C11H13NO3/c1-7(12-2)11(13)8-3-4-9-10(5-8)15-6-14-9/h3-5,7,12H,6H2,1-2H3/i6D,7D. The predicted molar refractivity (Wildman–Crippen MR) is 55.4 cm³/mol. The number of nitrogens with one attached hydrogen (secondary N) is 1. The Morgan fingerprint density at radius 3 is 3.07 bits per heavy atom. The lowest BCUT2D eigenvalue weighted by Crippen LogP contribution is -2.30. The van der Waals surface area contributed by atoms with Gasteiger partial charge in [-0.15, -0.1) is 0 Å². The quantitative estimate of drug-likeness (QED) is 0.760. The second-order valence-electron chi connectivity index (χ2n) is 3.20. The van der Waals surface area contributed by atoms with E-state index in [1.807, 2.05) is 0 Å². The molecule has 0 saturated heterocycles. The van der Waals surface area contributed by atoms with Crippen LogP contribution in [0.4, 0.5) is 0 Å². The summed E-state index contributed by atoms with van der Waals surface area (Å²) in [6, 6.07) is 3.25. The highest BCUT2D eigenvalue weighted by Crippen LogP contribution is 2.32. The largest absolute Gasteiger partial charge is 0.454 e. The van der Waals surface area contributed by atoms with Crippen LogP contribution in [0.5, 0.6) is 11.5 Å². The Morgan fingerprint density at radius 1 is 1.60 bits per heavy atom. The highest BCUT2D eigenvalue weighted by Gasteiger charge is 2.18. The number of ether oxygens (including phenoxy) is 2. The van der Waals surface area contributed by atoms with Crippen LogP contribution < -0.4 is 14.8 Å². The molecule has 2 atom stereocenters. The van der Waals surface area contributed by atoms with Gasteiger partial charge in [0.1, 0.15) is 1.37 Å². The lowest BCUT2D eigenvalue weighted by atomic mass is 10.1. The van der Waals surface area contributed by atoms with Gasteiger partial charge in [-0.3, -0.25) is 4.79 Å². The van der Waals surface area contributed by atoms with Crippen LogP contribution in [0, 0.1) is 0 Å². The molecule has 0 radical (unpaired) electrons. The Bertz CT molecular complexity index is 462. The Labute approximate surface area is 91.0 Å². The molecule has 0 aliphatic carbocycles. The van der Waals surface area contributed by atoms with Crippen LogP contribution >= 0.6 is 0 Å². The van der Waals surface area contributed by atoms with Crippen LogP contribution in [0.3, 0.4) is 0 Å². The zero-order valence-corrected chi connectivity index (χ0v) is 8.53. The fourth-order valence-electron chi connectivity index (χ4n) is 1.30. The average Bonchev–Trinajstić information content (AvgIpc) is 2.66. The molecule has 0 saturated carbocycles. The van der Waals surface area contributed by atoms with Gasteiger partial charge in [-0.05, 0) is 32.2 Å². The van der Waals surface area contributed by atoms with E-state index in [1.165, 1.54) is 13.0 Å². The SMILES string of the molecule is [2H]C1Oc2ccc(C(=O)C([2H])(C)NC)cc2O1. The lowest BCUT2D eigenvalue weighted by molar-refractivity contribution is 0.0954. The summed E-state index contributed by atoms with van der Waals surface area (Å²) in [5, 5.41) is 2.62. The molecule has 80 valence electrons. The molecule has 4 heteroatoms. The maximum Gasteiger partial charge on any atom is 0.231 e. The van der Waals surface area contributed by atoms with Crippen LogP contribution in [-0.4, -0.2) is 25.6 Å². The number of likely N-dealkylation sites (N-methyl/N-ethyl adjacent to an activating group) is 1. The second kappa shape index (κ2) is 3.90. The molecule has 0 amide bonds. The minimum absolute atomic E-state index is 0.355. The van der Waals surface area contributed by atoms with Gasteiger partial charge < -0.3 is 14.8 Å². The van der Waals surface area contributed by atoms with Crippen molar-refractivity contribution in [2.45, 2.75) is 12.9 Å². The van der Waals surface area contributed by atoms with Crippen molar-refractivity contribution in [3.63, 3.8) is 0 Å². The summed E-state index contributed by atoms with van der Waals surface area (Å²) in [4.78, 5) is 12.0. The summed E-state index contributed by atoms with van der Waals surface area (Å²) in [6.07, 6.45) is 0. The van der Waals surface area contributed by atoms with E-state index >= 15 is 0 Å². The summed E-state index contributed by atoms with van der Waals surface area (Å²) in [5.74, 6) is 0.445. The van der Waals surface area contributed by atoms with Gasteiger partial charge >= 0.3 is 0 Å². The fourth-order valence-corrected chi connectivity index (χ4v) is 1.30. The number of hydrogen-bond acceptors (Lipinski definition) is 4. The molecule has 4 nitrogen and oxygen atoms in total. The van der Waals surface area contributed by atoms with Crippen molar-refractivity contribution in [2.24, 2.45) is 0 Å². The normalized spacial score (nSPS) is 24.0. The molecule has 1 N–H and O–H groups in total. The second-order valence-corrected chi connectivity index (χ2v) is 3.20. The number of hydrogen-bond donors (Lipinski definition) is 1. The van der Waals surface area contributed by atoms with Crippen molar-refractivity contribution in [1.82, 2.24) is 5.32 Å². The summed E-state index contributed by atoms with van der Waals surface area (Å²) in [7, 11) is 1.55. The Kier molecular flexibility index (Phi) is 2.00. The van der Waals surface area contributed by atoms with Gasteiger partial charge in [0.25, 0.3) is 0 Å². The van der Waals surface area contributed by atoms with E-state index in [4.69, 9.17) is 12.2 Å². The molecule has 0 fully saturated rings. The molecule has 1 aliphatic heterocycles. The zero-order chi connectivity index (χ0) is 12.6. The lowest BCUT2D eigenvalue weighted by Gasteiger charge is -2.09. The Balaban J connectivity index is 2.31. The van der Waals surface area contributed by atoms with Crippen molar-refractivity contribution in [2.75, 3.05) is 13.8 Å².